The summed E-state index contributed by atoms with van der Waals surface area (Å²) in [5, 5.41) is 27.9. The fourth-order valence-electron chi connectivity index (χ4n) is 3.14. The average molecular weight is 490 g/mol. The van der Waals surface area contributed by atoms with Gasteiger partial charge in [0.2, 0.25) is 5.91 Å². The Morgan fingerprint density at radius 2 is 1.91 bits per heavy atom. The van der Waals surface area contributed by atoms with Crippen molar-refractivity contribution < 1.29 is 42.9 Å². The number of nitrogens with zero attached hydrogens (tertiary/aromatic N) is 1. The van der Waals surface area contributed by atoms with Gasteiger partial charge in [-0.2, -0.15) is 0 Å². The molecule has 0 bridgehead atoms. The van der Waals surface area contributed by atoms with E-state index in [4.69, 9.17) is 13.8 Å². The highest BCUT2D eigenvalue weighted by atomic mass is 31.2. The maximum atomic E-state index is 12.4. The molecule has 186 valence electrons. The summed E-state index contributed by atoms with van der Waals surface area (Å²) in [6, 6.07) is -0.621. The Hall–Kier alpha value is -2.28. The lowest BCUT2D eigenvalue weighted by molar-refractivity contribution is -0.138. The van der Waals surface area contributed by atoms with Crippen LogP contribution in [0.4, 0.5) is 4.79 Å². The summed E-state index contributed by atoms with van der Waals surface area (Å²) in [6.45, 7) is 7.35. The number of ether oxygens (including phenoxy) is 1. The van der Waals surface area contributed by atoms with Gasteiger partial charge < -0.3 is 39.9 Å². The van der Waals surface area contributed by atoms with E-state index in [2.05, 4.69) is 22.5 Å². The molecule has 2 aliphatic rings. The van der Waals surface area contributed by atoms with Gasteiger partial charge in [0.1, 0.15) is 18.5 Å². The third-order valence-corrected chi connectivity index (χ3v) is 6.56. The van der Waals surface area contributed by atoms with Crippen molar-refractivity contribution in [2.45, 2.75) is 51.2 Å². The Balaban J connectivity index is 1.76. The Labute approximate surface area is 191 Å². The van der Waals surface area contributed by atoms with Crippen molar-refractivity contribution >= 4 is 25.4 Å². The highest BCUT2D eigenvalue weighted by Crippen LogP contribution is 2.46. The number of allylic oxidation sites excluding steroid dienone is 1. The van der Waals surface area contributed by atoms with E-state index >= 15 is 0 Å². The fraction of sp³-hybridized carbons (Fsp3) is 0.632. The summed E-state index contributed by atoms with van der Waals surface area (Å²) in [4.78, 5) is 37.4. The molecule has 2 heterocycles. The molecule has 5 N–H and O–H groups in total. The van der Waals surface area contributed by atoms with E-state index in [0.717, 1.165) is 4.90 Å². The summed E-state index contributed by atoms with van der Waals surface area (Å²) in [5.74, 6) is -1.10. The van der Waals surface area contributed by atoms with E-state index in [1.54, 1.807) is 13.8 Å². The quantitative estimate of drug-likeness (QED) is 0.182. The van der Waals surface area contributed by atoms with Gasteiger partial charge in [-0.15, -0.1) is 0 Å². The molecule has 0 aliphatic carbocycles. The van der Waals surface area contributed by atoms with Gasteiger partial charge in [-0.05, 0) is 26.3 Å². The van der Waals surface area contributed by atoms with Crippen LogP contribution in [0.2, 0.25) is 0 Å². The molecule has 14 heteroatoms. The number of hydrogen-bond acceptors (Lipinski definition) is 9. The van der Waals surface area contributed by atoms with Gasteiger partial charge in [0.25, 0.3) is 5.91 Å². The van der Waals surface area contributed by atoms with Crippen molar-refractivity contribution in [3.63, 3.8) is 0 Å². The molecule has 4 atom stereocenters. The van der Waals surface area contributed by atoms with Crippen LogP contribution in [0, 0.1) is 0 Å². The van der Waals surface area contributed by atoms with Crippen molar-refractivity contribution in [3.8, 4) is 0 Å². The van der Waals surface area contributed by atoms with E-state index < -0.39 is 50.0 Å². The molecule has 1 saturated heterocycles. The van der Waals surface area contributed by atoms with Crippen LogP contribution >= 0.6 is 7.60 Å². The zero-order chi connectivity index (χ0) is 24.6. The number of urea groups is 1. The van der Waals surface area contributed by atoms with Crippen LogP contribution < -0.4 is 16.0 Å². The maximum Gasteiger partial charge on any atom is 0.349 e. The third kappa shape index (κ3) is 7.36. The first-order valence-corrected chi connectivity index (χ1v) is 12.2. The minimum atomic E-state index is -3.39. The smallest absolute Gasteiger partial charge is 0.349 e. The number of carbonyl (C=O) groups is 3. The van der Waals surface area contributed by atoms with Crippen molar-refractivity contribution in [1.29, 1.82) is 0 Å². The summed E-state index contributed by atoms with van der Waals surface area (Å²) in [6.07, 6.45) is -2.92. The second-order valence-electron chi connectivity index (χ2n) is 7.21. The first-order valence-electron chi connectivity index (χ1n) is 10.5. The standard InChI is InChI=1S/C19H31N4O9P/c1-4-30-33(29,31-5-2)11-21-13(24)7-6-9-20-17(27)16-14(25)15(26)18(32-16)23-10-8-12(3)22-19(23)28/h8,10,14-16,18,25-26H,3-7,9,11H2,1-2H3,(H,20,27)(H,21,24)(H,22,28)/t14-,15+,16-,18+/m0/s1. The second-order valence-corrected chi connectivity index (χ2v) is 9.26. The van der Waals surface area contributed by atoms with Crippen LogP contribution in [-0.2, 0) is 27.9 Å². The van der Waals surface area contributed by atoms with Crippen LogP contribution in [-0.4, -0.2) is 83.5 Å². The van der Waals surface area contributed by atoms with E-state index in [1.807, 2.05) is 0 Å². The zero-order valence-electron chi connectivity index (χ0n) is 18.6. The highest BCUT2D eigenvalue weighted by Gasteiger charge is 2.49. The Morgan fingerprint density at radius 1 is 1.24 bits per heavy atom. The Morgan fingerprint density at radius 3 is 2.52 bits per heavy atom. The summed E-state index contributed by atoms with van der Waals surface area (Å²) in [7, 11) is -3.39. The topological polar surface area (TPSA) is 176 Å². The van der Waals surface area contributed by atoms with Crippen molar-refractivity contribution in [2.24, 2.45) is 0 Å². The first-order chi connectivity index (χ1) is 15.6. The minimum absolute atomic E-state index is 0.0283. The van der Waals surface area contributed by atoms with Gasteiger partial charge in [0.15, 0.2) is 12.3 Å². The fourth-order valence-corrected chi connectivity index (χ4v) is 4.56. The van der Waals surface area contributed by atoms with Crippen molar-refractivity contribution in [1.82, 2.24) is 20.9 Å². The lowest BCUT2D eigenvalue weighted by atomic mass is 10.1. The van der Waals surface area contributed by atoms with Gasteiger partial charge in [-0.3, -0.25) is 19.1 Å². The van der Waals surface area contributed by atoms with Crippen molar-refractivity contribution in [3.05, 3.63) is 24.6 Å². The van der Waals surface area contributed by atoms with Gasteiger partial charge in [-0.25, -0.2) is 4.79 Å². The molecule has 0 spiro atoms. The molecular weight excluding hydrogens is 459 g/mol. The monoisotopic (exact) mass is 490 g/mol. The number of amides is 4. The molecule has 0 unspecified atom stereocenters. The maximum absolute atomic E-state index is 12.4. The molecular formula is C19H31N4O9P. The number of carbonyl (C=O) groups excluding carboxylic acids is 3. The van der Waals surface area contributed by atoms with Gasteiger partial charge in [0, 0.05) is 24.9 Å². The Kier molecular flexibility index (Phi) is 10.0. The Bertz CT molecular complexity index is 811. The van der Waals surface area contributed by atoms with Crippen LogP contribution in [0.25, 0.3) is 0 Å². The van der Waals surface area contributed by atoms with Gasteiger partial charge in [0.05, 0.1) is 13.2 Å². The predicted octanol–water partition coefficient (Wildman–Crippen LogP) is -0.278. The lowest BCUT2D eigenvalue weighted by Crippen LogP contribution is -2.49. The SMILES string of the molecule is C=C1C=CN([C@@H]2O[C@H](C(=O)NCCCC(=O)NCP(=O)(OCC)OCC)[C@@H](O)[C@H]2O)C(=O)N1. The molecule has 33 heavy (non-hydrogen) atoms. The van der Waals surface area contributed by atoms with E-state index in [1.165, 1.54) is 12.3 Å². The van der Waals surface area contributed by atoms with Crippen LogP contribution in [0.5, 0.6) is 0 Å². The predicted molar refractivity (Wildman–Crippen MR) is 115 cm³/mol. The zero-order valence-corrected chi connectivity index (χ0v) is 19.5. The van der Waals surface area contributed by atoms with Crippen molar-refractivity contribution in [2.75, 3.05) is 26.0 Å². The number of hydrogen-bond donors (Lipinski definition) is 5. The molecule has 1 fully saturated rings. The molecule has 0 radical (unpaired) electrons. The number of rotatable bonds is 12. The van der Waals surface area contributed by atoms with Crippen LogP contribution in [0.15, 0.2) is 24.6 Å². The normalized spacial score (nSPS) is 25.2. The third-order valence-electron chi connectivity index (χ3n) is 4.71. The summed E-state index contributed by atoms with van der Waals surface area (Å²) < 4.78 is 27.9. The second kappa shape index (κ2) is 12.3. The minimum Gasteiger partial charge on any atom is -0.387 e. The molecule has 2 aliphatic heterocycles. The largest absolute Gasteiger partial charge is 0.387 e. The van der Waals surface area contributed by atoms with E-state index in [9.17, 15) is 29.2 Å². The van der Waals surface area contributed by atoms with Gasteiger partial charge in [-0.1, -0.05) is 6.58 Å². The molecule has 2 rings (SSSR count). The van der Waals surface area contributed by atoms with E-state index in [0.29, 0.717) is 5.70 Å². The molecule has 0 saturated carbocycles. The molecule has 4 amide bonds. The van der Waals surface area contributed by atoms with E-state index in [-0.39, 0.29) is 38.9 Å². The lowest BCUT2D eigenvalue weighted by Gasteiger charge is -2.29. The molecule has 13 nitrogen and oxygen atoms in total. The van der Waals surface area contributed by atoms with Crippen LogP contribution in [0.3, 0.4) is 0 Å². The number of aliphatic hydroxyl groups excluding tert-OH is 2. The molecule has 0 aromatic heterocycles. The summed E-state index contributed by atoms with van der Waals surface area (Å²) >= 11 is 0. The highest BCUT2D eigenvalue weighted by molar-refractivity contribution is 7.53. The van der Waals surface area contributed by atoms with Gasteiger partial charge >= 0.3 is 13.6 Å². The number of aliphatic hydroxyl groups is 2. The average Bonchev–Trinajstić information content (AvgIpc) is 3.05. The number of nitrogens with one attached hydrogen (secondary N) is 3. The first kappa shape index (κ1) is 27.0. The molecule has 0 aromatic rings. The van der Waals surface area contributed by atoms with Crippen LogP contribution in [0.1, 0.15) is 26.7 Å². The molecule has 0 aromatic carbocycles. The summed E-state index contributed by atoms with van der Waals surface area (Å²) in [5.41, 5.74) is 0.348.